The van der Waals surface area contributed by atoms with E-state index in [0.29, 0.717) is 12.1 Å². The minimum absolute atomic E-state index is 0.315. The number of fused-ring (bicyclic) bond motifs is 1. The second-order valence-electron chi connectivity index (χ2n) is 5.96. The summed E-state index contributed by atoms with van der Waals surface area (Å²) in [5, 5.41) is 3.67. The van der Waals surface area contributed by atoms with E-state index in [-0.39, 0.29) is 0 Å². The van der Waals surface area contributed by atoms with Crippen molar-refractivity contribution < 1.29 is 4.74 Å². The van der Waals surface area contributed by atoms with E-state index in [0.717, 1.165) is 24.0 Å². The lowest BCUT2D eigenvalue weighted by Gasteiger charge is -2.33. The molecule has 1 saturated carbocycles. The Bertz CT molecular complexity index is 431. The Labute approximate surface area is 126 Å². The molecule has 0 spiro atoms. The van der Waals surface area contributed by atoms with E-state index < -0.39 is 0 Å². The summed E-state index contributed by atoms with van der Waals surface area (Å²) in [6.45, 7) is 3.23. The predicted octanol–water partition coefficient (Wildman–Crippen LogP) is 4.10. The van der Waals surface area contributed by atoms with Gasteiger partial charge >= 0.3 is 0 Å². The number of benzene rings is 1. The number of likely N-dealkylation sites (N-methyl/N-ethyl adjacent to an activating group) is 1. The molecule has 1 heterocycles. The molecule has 1 aromatic rings. The van der Waals surface area contributed by atoms with Gasteiger partial charge in [-0.25, -0.2) is 0 Å². The van der Waals surface area contributed by atoms with Crippen LogP contribution in [0.1, 0.15) is 39.0 Å². The molecule has 1 aliphatic carbocycles. The van der Waals surface area contributed by atoms with Gasteiger partial charge in [-0.15, -0.1) is 11.8 Å². The van der Waals surface area contributed by atoms with Crippen molar-refractivity contribution in [3.8, 4) is 5.75 Å². The number of nitrogens with one attached hydrogen (secondary N) is 1. The SMILES string of the molecule is CCNC(CC1CCCC1)C1CSc2ccccc2O1. The smallest absolute Gasteiger partial charge is 0.133 e. The Morgan fingerprint density at radius 1 is 1.30 bits per heavy atom. The molecule has 2 atom stereocenters. The highest BCUT2D eigenvalue weighted by atomic mass is 32.2. The van der Waals surface area contributed by atoms with Gasteiger partial charge < -0.3 is 10.1 Å². The third-order valence-electron chi connectivity index (χ3n) is 4.51. The van der Waals surface area contributed by atoms with E-state index in [1.54, 1.807) is 0 Å². The maximum absolute atomic E-state index is 6.27. The molecule has 2 nitrogen and oxygen atoms in total. The quantitative estimate of drug-likeness (QED) is 0.882. The van der Waals surface area contributed by atoms with E-state index >= 15 is 0 Å². The summed E-state index contributed by atoms with van der Waals surface area (Å²) >= 11 is 1.94. The molecule has 1 N–H and O–H groups in total. The fourth-order valence-electron chi connectivity index (χ4n) is 3.47. The number of hydrogen-bond donors (Lipinski definition) is 1. The van der Waals surface area contributed by atoms with Crippen LogP contribution in [0, 0.1) is 5.92 Å². The van der Waals surface area contributed by atoms with Crippen molar-refractivity contribution in [2.24, 2.45) is 5.92 Å². The van der Waals surface area contributed by atoms with Crippen molar-refractivity contribution in [2.75, 3.05) is 12.3 Å². The second-order valence-corrected chi connectivity index (χ2v) is 7.03. The molecule has 1 aromatic carbocycles. The summed E-state index contributed by atoms with van der Waals surface area (Å²) in [5.74, 6) is 3.05. The maximum atomic E-state index is 6.27. The largest absolute Gasteiger partial charge is 0.487 e. The minimum atomic E-state index is 0.315. The minimum Gasteiger partial charge on any atom is -0.487 e. The summed E-state index contributed by atoms with van der Waals surface area (Å²) in [7, 11) is 0. The average molecular weight is 291 g/mol. The lowest BCUT2D eigenvalue weighted by Crippen LogP contribution is -2.46. The fraction of sp³-hybridized carbons (Fsp3) is 0.647. The summed E-state index contributed by atoms with van der Waals surface area (Å²) in [4.78, 5) is 1.29. The number of para-hydroxylation sites is 1. The van der Waals surface area contributed by atoms with Crippen LogP contribution in [0.15, 0.2) is 29.2 Å². The highest BCUT2D eigenvalue weighted by Crippen LogP contribution is 2.37. The van der Waals surface area contributed by atoms with Crippen molar-refractivity contribution in [1.29, 1.82) is 0 Å². The Balaban J connectivity index is 1.65. The van der Waals surface area contributed by atoms with Crippen molar-refractivity contribution in [3.63, 3.8) is 0 Å². The van der Waals surface area contributed by atoms with Crippen LogP contribution in [0.5, 0.6) is 5.75 Å². The van der Waals surface area contributed by atoms with Gasteiger partial charge in [0.15, 0.2) is 0 Å². The molecule has 1 fully saturated rings. The standard InChI is InChI=1S/C17H25NOS/c1-2-18-14(11-13-7-3-4-8-13)16-12-20-17-10-6-5-9-15(17)19-16/h5-6,9-10,13-14,16,18H,2-4,7-8,11-12H2,1H3. The van der Waals surface area contributed by atoms with Gasteiger partial charge in [-0.2, -0.15) is 0 Å². The van der Waals surface area contributed by atoms with Crippen LogP contribution in [-0.4, -0.2) is 24.4 Å². The third kappa shape index (κ3) is 3.32. The molecule has 3 heteroatoms. The van der Waals surface area contributed by atoms with Crippen molar-refractivity contribution in [1.82, 2.24) is 5.32 Å². The van der Waals surface area contributed by atoms with E-state index in [4.69, 9.17) is 4.74 Å². The van der Waals surface area contributed by atoms with Crippen molar-refractivity contribution >= 4 is 11.8 Å². The Hall–Kier alpha value is -0.670. The van der Waals surface area contributed by atoms with E-state index in [9.17, 15) is 0 Å². The van der Waals surface area contributed by atoms with E-state index in [1.807, 2.05) is 11.8 Å². The van der Waals surface area contributed by atoms with Gasteiger partial charge in [0.2, 0.25) is 0 Å². The van der Waals surface area contributed by atoms with Crippen LogP contribution in [-0.2, 0) is 0 Å². The number of ether oxygens (including phenoxy) is 1. The average Bonchev–Trinajstić information content (AvgIpc) is 2.99. The topological polar surface area (TPSA) is 21.3 Å². The second kappa shape index (κ2) is 6.86. The van der Waals surface area contributed by atoms with Crippen molar-refractivity contribution in [3.05, 3.63) is 24.3 Å². The van der Waals surface area contributed by atoms with Gasteiger partial charge in [-0.05, 0) is 31.0 Å². The molecule has 0 amide bonds. The highest BCUT2D eigenvalue weighted by molar-refractivity contribution is 7.99. The van der Waals surface area contributed by atoms with Gasteiger partial charge in [-0.3, -0.25) is 0 Å². The van der Waals surface area contributed by atoms with Crippen molar-refractivity contribution in [2.45, 2.75) is 56.1 Å². The lowest BCUT2D eigenvalue weighted by atomic mass is 9.95. The van der Waals surface area contributed by atoms with Crippen LogP contribution in [0.3, 0.4) is 0 Å². The normalized spacial score (nSPS) is 24.1. The zero-order valence-electron chi connectivity index (χ0n) is 12.3. The molecule has 2 aliphatic rings. The molecule has 0 saturated heterocycles. The number of thioether (sulfide) groups is 1. The van der Waals surface area contributed by atoms with Crippen LogP contribution in [0.25, 0.3) is 0 Å². The summed E-state index contributed by atoms with van der Waals surface area (Å²) in [6, 6.07) is 8.93. The molecule has 1 aliphatic heterocycles. The number of rotatable bonds is 5. The lowest BCUT2D eigenvalue weighted by molar-refractivity contribution is 0.151. The molecule has 0 radical (unpaired) electrons. The van der Waals surface area contributed by atoms with Crippen LogP contribution >= 0.6 is 11.8 Å². The third-order valence-corrected chi connectivity index (χ3v) is 5.65. The zero-order valence-corrected chi connectivity index (χ0v) is 13.1. The fourth-order valence-corrected chi connectivity index (χ4v) is 4.55. The Morgan fingerprint density at radius 3 is 2.90 bits per heavy atom. The first-order chi connectivity index (χ1) is 9.86. The summed E-state index contributed by atoms with van der Waals surface area (Å²) in [5.41, 5.74) is 0. The highest BCUT2D eigenvalue weighted by Gasteiger charge is 2.30. The van der Waals surface area contributed by atoms with Gasteiger partial charge in [0.1, 0.15) is 11.9 Å². The van der Waals surface area contributed by atoms with Crippen LogP contribution < -0.4 is 10.1 Å². The Morgan fingerprint density at radius 2 is 2.10 bits per heavy atom. The van der Waals surface area contributed by atoms with Crippen LogP contribution in [0.4, 0.5) is 0 Å². The molecule has 110 valence electrons. The van der Waals surface area contributed by atoms with E-state index in [2.05, 4.69) is 36.5 Å². The van der Waals surface area contributed by atoms with Gasteiger partial charge in [-0.1, -0.05) is 44.7 Å². The molecular formula is C17H25NOS. The first-order valence-electron chi connectivity index (χ1n) is 7.98. The maximum Gasteiger partial charge on any atom is 0.133 e. The van der Waals surface area contributed by atoms with Crippen LogP contribution in [0.2, 0.25) is 0 Å². The predicted molar refractivity (Wildman–Crippen MR) is 85.6 cm³/mol. The molecule has 0 aromatic heterocycles. The molecule has 3 rings (SSSR count). The first-order valence-corrected chi connectivity index (χ1v) is 8.97. The summed E-state index contributed by atoms with van der Waals surface area (Å²) in [6.07, 6.45) is 7.27. The summed E-state index contributed by atoms with van der Waals surface area (Å²) < 4.78 is 6.27. The monoisotopic (exact) mass is 291 g/mol. The number of hydrogen-bond acceptors (Lipinski definition) is 3. The van der Waals surface area contributed by atoms with E-state index in [1.165, 1.54) is 37.0 Å². The molecule has 0 bridgehead atoms. The van der Waals surface area contributed by atoms with Gasteiger partial charge in [0.25, 0.3) is 0 Å². The Kier molecular flexibility index (Phi) is 4.90. The van der Waals surface area contributed by atoms with Gasteiger partial charge in [0, 0.05) is 16.7 Å². The molecular weight excluding hydrogens is 266 g/mol. The molecule has 2 unspecified atom stereocenters. The van der Waals surface area contributed by atoms with Gasteiger partial charge in [0.05, 0.1) is 0 Å². The first kappa shape index (κ1) is 14.3. The zero-order chi connectivity index (χ0) is 13.8. The molecule has 20 heavy (non-hydrogen) atoms.